The van der Waals surface area contributed by atoms with Crippen molar-refractivity contribution in [1.82, 2.24) is 0 Å². The summed E-state index contributed by atoms with van der Waals surface area (Å²) in [6, 6.07) is 4.91. The summed E-state index contributed by atoms with van der Waals surface area (Å²) in [6.07, 6.45) is 0. The summed E-state index contributed by atoms with van der Waals surface area (Å²) in [7, 11) is 0. The van der Waals surface area contributed by atoms with Crippen LogP contribution < -0.4 is 10.5 Å². The van der Waals surface area contributed by atoms with Gasteiger partial charge in [-0.3, -0.25) is 0 Å². The van der Waals surface area contributed by atoms with Gasteiger partial charge in [0.2, 0.25) is 0 Å². The van der Waals surface area contributed by atoms with Crippen molar-refractivity contribution >= 4 is 17.3 Å². The smallest absolute Gasteiger partial charge is 0.156 e. The van der Waals surface area contributed by atoms with E-state index < -0.39 is 17.5 Å². The number of halogens is 4. The molecular weight excluding hydrogens is 267 g/mol. The minimum atomic E-state index is -0.941. The Morgan fingerprint density at radius 2 is 1.67 bits per heavy atom. The van der Waals surface area contributed by atoms with Crippen LogP contribution in [0.5, 0.6) is 11.5 Å². The number of hydrogen-bond acceptors (Lipinski definition) is 2. The molecule has 0 aliphatic rings. The number of rotatable bonds is 2. The van der Waals surface area contributed by atoms with Crippen LogP contribution in [0.4, 0.5) is 18.9 Å². The van der Waals surface area contributed by atoms with Crippen LogP contribution in [-0.4, -0.2) is 0 Å². The van der Waals surface area contributed by atoms with E-state index in [4.69, 9.17) is 22.1 Å². The van der Waals surface area contributed by atoms with Crippen molar-refractivity contribution in [2.75, 3.05) is 5.73 Å². The van der Waals surface area contributed by atoms with E-state index >= 15 is 0 Å². The molecule has 2 rings (SSSR count). The highest BCUT2D eigenvalue weighted by Gasteiger charge is 2.12. The average molecular weight is 274 g/mol. The zero-order valence-corrected chi connectivity index (χ0v) is 9.64. The molecule has 0 aromatic heterocycles. The minimum Gasteiger partial charge on any atom is -0.453 e. The molecule has 0 aliphatic heterocycles. The van der Waals surface area contributed by atoms with Crippen LogP contribution in [0, 0.1) is 17.5 Å². The van der Waals surface area contributed by atoms with Crippen molar-refractivity contribution in [1.29, 1.82) is 0 Å². The average Bonchev–Trinajstić information content (AvgIpc) is 2.29. The van der Waals surface area contributed by atoms with Crippen molar-refractivity contribution in [2.45, 2.75) is 0 Å². The van der Waals surface area contributed by atoms with Gasteiger partial charge in [-0.1, -0.05) is 11.6 Å². The Hall–Kier alpha value is -1.88. The van der Waals surface area contributed by atoms with Crippen LogP contribution in [0.15, 0.2) is 30.3 Å². The third-order valence-electron chi connectivity index (χ3n) is 2.17. The number of ether oxygens (including phenoxy) is 1. The summed E-state index contributed by atoms with van der Waals surface area (Å²) in [5.41, 5.74) is 5.05. The number of nitrogens with two attached hydrogens (primary N) is 1. The third-order valence-corrected chi connectivity index (χ3v) is 2.47. The maximum absolute atomic E-state index is 13.2. The van der Waals surface area contributed by atoms with E-state index in [1.165, 1.54) is 6.07 Å². The van der Waals surface area contributed by atoms with Crippen LogP contribution in [-0.2, 0) is 0 Å². The van der Waals surface area contributed by atoms with Gasteiger partial charge in [-0.05, 0) is 18.2 Å². The Labute approximate surface area is 106 Å². The highest BCUT2D eigenvalue weighted by molar-refractivity contribution is 6.32. The molecule has 0 atom stereocenters. The second-order valence-corrected chi connectivity index (χ2v) is 3.88. The highest BCUT2D eigenvalue weighted by Crippen LogP contribution is 2.34. The van der Waals surface area contributed by atoms with Crippen molar-refractivity contribution < 1.29 is 17.9 Å². The first-order valence-electron chi connectivity index (χ1n) is 4.85. The molecule has 94 valence electrons. The van der Waals surface area contributed by atoms with Gasteiger partial charge >= 0.3 is 0 Å². The standard InChI is InChI=1S/C12H7ClF3NO/c13-8-3-6(14)1-2-10(8)18-11-5-7(15)4-9(16)12(11)17/h1-5H,17H2. The summed E-state index contributed by atoms with van der Waals surface area (Å²) in [6.45, 7) is 0. The molecule has 0 bridgehead atoms. The lowest BCUT2D eigenvalue weighted by atomic mass is 10.2. The van der Waals surface area contributed by atoms with Gasteiger partial charge in [0, 0.05) is 12.1 Å². The lowest BCUT2D eigenvalue weighted by molar-refractivity contribution is 0.470. The Kier molecular flexibility index (Phi) is 3.34. The first-order valence-corrected chi connectivity index (χ1v) is 5.22. The van der Waals surface area contributed by atoms with Crippen molar-refractivity contribution in [3.8, 4) is 11.5 Å². The predicted molar refractivity (Wildman–Crippen MR) is 62.3 cm³/mol. The fraction of sp³-hybridized carbons (Fsp3) is 0. The SMILES string of the molecule is Nc1c(F)cc(F)cc1Oc1ccc(F)cc1Cl. The van der Waals surface area contributed by atoms with Gasteiger partial charge < -0.3 is 10.5 Å². The maximum Gasteiger partial charge on any atom is 0.156 e. The largest absolute Gasteiger partial charge is 0.453 e. The summed E-state index contributed by atoms with van der Waals surface area (Å²) < 4.78 is 44.1. The van der Waals surface area contributed by atoms with E-state index in [1.807, 2.05) is 0 Å². The molecule has 0 radical (unpaired) electrons. The Morgan fingerprint density at radius 3 is 2.33 bits per heavy atom. The van der Waals surface area contributed by atoms with Crippen molar-refractivity contribution in [3.05, 3.63) is 52.8 Å². The Balaban J connectivity index is 2.40. The number of hydrogen-bond donors (Lipinski definition) is 1. The number of anilines is 1. The molecule has 2 N–H and O–H groups in total. The highest BCUT2D eigenvalue weighted by atomic mass is 35.5. The predicted octanol–water partition coefficient (Wildman–Crippen LogP) is 4.13. The molecule has 0 spiro atoms. The van der Waals surface area contributed by atoms with Crippen LogP contribution in [0.1, 0.15) is 0 Å². The first-order chi connectivity index (χ1) is 8.47. The summed E-state index contributed by atoms with van der Waals surface area (Å²) in [5, 5.41) is -0.0286. The van der Waals surface area contributed by atoms with Gasteiger partial charge in [0.05, 0.1) is 5.02 Å². The lowest BCUT2D eigenvalue weighted by Crippen LogP contribution is -1.97. The van der Waals surface area contributed by atoms with Crippen molar-refractivity contribution in [2.24, 2.45) is 0 Å². The van der Waals surface area contributed by atoms with Crippen LogP contribution in [0.3, 0.4) is 0 Å². The van der Waals surface area contributed by atoms with Gasteiger partial charge in [-0.2, -0.15) is 0 Å². The molecule has 0 unspecified atom stereocenters. The van der Waals surface area contributed by atoms with Crippen LogP contribution in [0.2, 0.25) is 5.02 Å². The van der Waals surface area contributed by atoms with Gasteiger partial charge in [0.25, 0.3) is 0 Å². The third kappa shape index (κ3) is 2.51. The molecule has 0 aliphatic carbocycles. The second-order valence-electron chi connectivity index (χ2n) is 3.48. The van der Waals surface area contributed by atoms with E-state index in [2.05, 4.69) is 0 Å². The zero-order chi connectivity index (χ0) is 13.3. The van der Waals surface area contributed by atoms with Crippen molar-refractivity contribution in [3.63, 3.8) is 0 Å². The maximum atomic E-state index is 13.2. The molecule has 0 heterocycles. The molecule has 2 aromatic rings. The first kappa shape index (κ1) is 12.6. The number of benzene rings is 2. The number of nitrogen functional groups attached to an aromatic ring is 1. The molecule has 2 aromatic carbocycles. The topological polar surface area (TPSA) is 35.2 Å². The molecule has 2 nitrogen and oxygen atoms in total. The zero-order valence-electron chi connectivity index (χ0n) is 8.88. The van der Waals surface area contributed by atoms with E-state index in [0.717, 1.165) is 18.2 Å². The summed E-state index contributed by atoms with van der Waals surface area (Å²) in [5.74, 6) is -2.50. The lowest BCUT2D eigenvalue weighted by Gasteiger charge is -2.10. The molecule has 18 heavy (non-hydrogen) atoms. The molecule has 0 saturated heterocycles. The van der Waals surface area contributed by atoms with Gasteiger partial charge in [0.15, 0.2) is 11.6 Å². The molecule has 0 saturated carbocycles. The van der Waals surface area contributed by atoms with Gasteiger partial charge in [-0.15, -0.1) is 0 Å². The molecule has 0 amide bonds. The van der Waals surface area contributed by atoms with E-state index in [9.17, 15) is 13.2 Å². The van der Waals surface area contributed by atoms with Gasteiger partial charge in [0.1, 0.15) is 23.1 Å². The summed E-state index contributed by atoms with van der Waals surface area (Å²) >= 11 is 5.72. The normalized spacial score (nSPS) is 10.4. The second kappa shape index (κ2) is 4.78. The Morgan fingerprint density at radius 1 is 0.944 bits per heavy atom. The quantitative estimate of drug-likeness (QED) is 0.835. The summed E-state index contributed by atoms with van der Waals surface area (Å²) in [4.78, 5) is 0. The minimum absolute atomic E-state index is 0.0286. The molecule has 0 fully saturated rings. The van der Waals surface area contributed by atoms with E-state index in [1.54, 1.807) is 0 Å². The van der Waals surface area contributed by atoms with Crippen LogP contribution >= 0.6 is 11.6 Å². The fourth-order valence-electron chi connectivity index (χ4n) is 1.32. The van der Waals surface area contributed by atoms with E-state index in [0.29, 0.717) is 6.07 Å². The van der Waals surface area contributed by atoms with Crippen LogP contribution in [0.25, 0.3) is 0 Å². The fourth-order valence-corrected chi connectivity index (χ4v) is 1.53. The molecule has 6 heteroatoms. The van der Waals surface area contributed by atoms with Gasteiger partial charge in [-0.25, -0.2) is 13.2 Å². The van der Waals surface area contributed by atoms with E-state index in [-0.39, 0.29) is 22.2 Å². The monoisotopic (exact) mass is 273 g/mol. The molecular formula is C12H7ClF3NO. The Bertz CT molecular complexity index is 604.